The Labute approximate surface area is 145 Å². The van der Waals surface area contributed by atoms with Gasteiger partial charge in [0.05, 0.1) is 6.54 Å². The Bertz CT molecular complexity index is 638. The van der Waals surface area contributed by atoms with Gasteiger partial charge in [0.1, 0.15) is 0 Å². The second-order valence-electron chi connectivity index (χ2n) is 4.85. The number of halogens is 2. The zero-order chi connectivity index (χ0) is 14.7. The quantitative estimate of drug-likeness (QED) is 0.717. The fourth-order valence-corrected chi connectivity index (χ4v) is 3.73. The largest absolute Gasteiger partial charge is 0.335 e. The van der Waals surface area contributed by atoms with Gasteiger partial charge in [0.15, 0.2) is 5.17 Å². The first-order chi connectivity index (χ1) is 10.2. The molecule has 0 saturated carbocycles. The Kier molecular flexibility index (Phi) is 5.03. The van der Waals surface area contributed by atoms with Crippen LogP contribution in [-0.4, -0.2) is 17.0 Å². The third-order valence-corrected chi connectivity index (χ3v) is 5.35. The van der Waals surface area contributed by atoms with Gasteiger partial charge in [-0.05, 0) is 48.4 Å². The lowest BCUT2D eigenvalue weighted by Crippen LogP contribution is -2.10. The van der Waals surface area contributed by atoms with Crippen molar-refractivity contribution >= 4 is 54.5 Å². The summed E-state index contributed by atoms with van der Waals surface area (Å²) in [7, 11) is 0. The number of rotatable bonds is 3. The predicted molar refractivity (Wildman–Crippen MR) is 99.3 cm³/mol. The molecule has 0 spiro atoms. The summed E-state index contributed by atoms with van der Waals surface area (Å²) in [6.07, 6.45) is 1.05. The number of amidine groups is 1. The highest BCUT2D eigenvalue weighted by Gasteiger charge is 2.20. The number of thioether (sulfide) groups is 1. The Morgan fingerprint density at radius 1 is 1.00 bits per heavy atom. The molecule has 0 saturated heterocycles. The minimum atomic E-state index is 0.518. The van der Waals surface area contributed by atoms with Crippen LogP contribution in [-0.2, 0) is 6.42 Å². The SMILES string of the molecule is Brc1ccc(CC2CN=C(Nc3ccc(Br)cc3)S2)cc1. The molecule has 1 heterocycles. The molecule has 5 heteroatoms. The minimum absolute atomic E-state index is 0.518. The molecule has 108 valence electrons. The average Bonchev–Trinajstić information content (AvgIpc) is 2.91. The van der Waals surface area contributed by atoms with Gasteiger partial charge in [-0.3, -0.25) is 4.99 Å². The molecule has 2 nitrogen and oxygen atoms in total. The molecule has 1 atom stereocenters. The van der Waals surface area contributed by atoms with Crippen LogP contribution in [0.15, 0.2) is 62.5 Å². The molecule has 0 fully saturated rings. The van der Waals surface area contributed by atoms with Crippen molar-refractivity contribution in [2.24, 2.45) is 4.99 Å². The van der Waals surface area contributed by atoms with Crippen LogP contribution in [0.25, 0.3) is 0 Å². The van der Waals surface area contributed by atoms with E-state index in [4.69, 9.17) is 0 Å². The molecule has 1 aliphatic rings. The Hall–Kier alpha value is -0.780. The van der Waals surface area contributed by atoms with Crippen LogP contribution >= 0.6 is 43.6 Å². The van der Waals surface area contributed by atoms with Gasteiger partial charge >= 0.3 is 0 Å². The van der Waals surface area contributed by atoms with Crippen molar-refractivity contribution in [3.8, 4) is 0 Å². The van der Waals surface area contributed by atoms with Crippen LogP contribution in [0.5, 0.6) is 0 Å². The number of benzene rings is 2. The van der Waals surface area contributed by atoms with Crippen molar-refractivity contribution in [2.75, 3.05) is 11.9 Å². The van der Waals surface area contributed by atoms with E-state index in [1.54, 1.807) is 0 Å². The van der Waals surface area contributed by atoms with Gasteiger partial charge in [-0.25, -0.2) is 0 Å². The maximum Gasteiger partial charge on any atom is 0.161 e. The lowest BCUT2D eigenvalue weighted by molar-refractivity contribution is 0.870. The van der Waals surface area contributed by atoms with E-state index in [2.05, 4.69) is 78.6 Å². The third kappa shape index (κ3) is 4.34. The monoisotopic (exact) mass is 424 g/mol. The van der Waals surface area contributed by atoms with E-state index in [-0.39, 0.29) is 0 Å². The standard InChI is InChI=1S/C16H14Br2N2S/c17-12-3-1-11(2-4-12)9-15-10-19-16(21-15)20-14-7-5-13(18)6-8-14/h1-8,15H,9-10H2,(H,19,20). The van der Waals surface area contributed by atoms with Gasteiger partial charge in [-0.2, -0.15) is 0 Å². The topological polar surface area (TPSA) is 24.4 Å². The highest BCUT2D eigenvalue weighted by atomic mass is 79.9. The first kappa shape index (κ1) is 15.1. The van der Waals surface area contributed by atoms with Crippen LogP contribution < -0.4 is 5.32 Å². The number of nitrogens with zero attached hydrogens (tertiary/aromatic N) is 1. The lowest BCUT2D eigenvalue weighted by atomic mass is 10.1. The summed E-state index contributed by atoms with van der Waals surface area (Å²) in [5.41, 5.74) is 2.43. The summed E-state index contributed by atoms with van der Waals surface area (Å²) in [5, 5.41) is 4.91. The van der Waals surface area contributed by atoms with Crippen LogP contribution in [0.2, 0.25) is 0 Å². The van der Waals surface area contributed by atoms with Gasteiger partial charge in [0.25, 0.3) is 0 Å². The normalized spacial score (nSPS) is 17.6. The predicted octanol–water partition coefficient (Wildman–Crippen LogP) is 5.34. The van der Waals surface area contributed by atoms with Gasteiger partial charge < -0.3 is 5.32 Å². The van der Waals surface area contributed by atoms with E-state index < -0.39 is 0 Å². The van der Waals surface area contributed by atoms with Crippen molar-refractivity contribution in [3.05, 3.63) is 63.0 Å². The Balaban J connectivity index is 1.55. The fraction of sp³-hybridized carbons (Fsp3) is 0.188. The Morgan fingerprint density at radius 2 is 1.62 bits per heavy atom. The zero-order valence-electron chi connectivity index (χ0n) is 11.2. The molecular formula is C16H14Br2N2S. The fourth-order valence-electron chi connectivity index (χ4n) is 2.13. The van der Waals surface area contributed by atoms with Crippen LogP contribution in [0.4, 0.5) is 5.69 Å². The molecule has 0 aliphatic carbocycles. The minimum Gasteiger partial charge on any atom is -0.335 e. The summed E-state index contributed by atoms with van der Waals surface area (Å²) in [6, 6.07) is 16.7. The second-order valence-corrected chi connectivity index (χ2v) is 7.97. The molecule has 21 heavy (non-hydrogen) atoms. The Morgan fingerprint density at radius 3 is 2.29 bits per heavy atom. The van der Waals surface area contributed by atoms with E-state index in [9.17, 15) is 0 Å². The first-order valence-electron chi connectivity index (χ1n) is 6.67. The van der Waals surface area contributed by atoms with E-state index in [0.29, 0.717) is 5.25 Å². The maximum absolute atomic E-state index is 4.60. The smallest absolute Gasteiger partial charge is 0.161 e. The highest BCUT2D eigenvalue weighted by Crippen LogP contribution is 2.26. The highest BCUT2D eigenvalue weighted by molar-refractivity contribution is 9.10. The van der Waals surface area contributed by atoms with Crippen molar-refractivity contribution < 1.29 is 0 Å². The summed E-state index contributed by atoms with van der Waals surface area (Å²) in [4.78, 5) is 4.60. The number of nitrogens with one attached hydrogen (secondary N) is 1. The molecule has 3 rings (SSSR count). The molecule has 2 aromatic carbocycles. The lowest BCUT2D eigenvalue weighted by Gasteiger charge is -2.09. The average molecular weight is 426 g/mol. The second kappa shape index (κ2) is 6.99. The van der Waals surface area contributed by atoms with Gasteiger partial charge in [-0.15, -0.1) is 0 Å². The zero-order valence-corrected chi connectivity index (χ0v) is 15.2. The van der Waals surface area contributed by atoms with Gasteiger partial charge in [0, 0.05) is 19.9 Å². The van der Waals surface area contributed by atoms with Gasteiger partial charge in [0.2, 0.25) is 0 Å². The molecule has 0 bridgehead atoms. The summed E-state index contributed by atoms with van der Waals surface area (Å²) < 4.78 is 2.21. The number of anilines is 1. The molecule has 0 aromatic heterocycles. The summed E-state index contributed by atoms with van der Waals surface area (Å²) >= 11 is 8.74. The molecular weight excluding hydrogens is 412 g/mol. The van der Waals surface area contributed by atoms with E-state index >= 15 is 0 Å². The van der Waals surface area contributed by atoms with Crippen LogP contribution in [0.3, 0.4) is 0 Å². The number of hydrogen-bond donors (Lipinski definition) is 1. The van der Waals surface area contributed by atoms with E-state index in [1.807, 2.05) is 23.9 Å². The van der Waals surface area contributed by atoms with E-state index in [1.165, 1.54) is 5.56 Å². The van der Waals surface area contributed by atoms with Crippen LogP contribution in [0.1, 0.15) is 5.56 Å². The van der Waals surface area contributed by atoms with Crippen molar-refractivity contribution in [1.82, 2.24) is 0 Å². The molecule has 1 N–H and O–H groups in total. The number of aliphatic imine (C=N–C) groups is 1. The molecule has 2 aromatic rings. The van der Waals surface area contributed by atoms with Crippen molar-refractivity contribution in [2.45, 2.75) is 11.7 Å². The van der Waals surface area contributed by atoms with Crippen molar-refractivity contribution in [1.29, 1.82) is 0 Å². The molecule has 1 unspecified atom stereocenters. The summed E-state index contributed by atoms with van der Waals surface area (Å²) in [6.45, 7) is 0.875. The van der Waals surface area contributed by atoms with Gasteiger partial charge in [-0.1, -0.05) is 55.8 Å². The first-order valence-corrected chi connectivity index (χ1v) is 9.14. The van der Waals surface area contributed by atoms with Crippen molar-refractivity contribution in [3.63, 3.8) is 0 Å². The molecule has 0 radical (unpaired) electrons. The molecule has 0 amide bonds. The third-order valence-electron chi connectivity index (χ3n) is 3.19. The summed E-state index contributed by atoms with van der Waals surface area (Å²) in [5.74, 6) is 0. The number of hydrogen-bond acceptors (Lipinski definition) is 3. The van der Waals surface area contributed by atoms with Crippen LogP contribution in [0, 0.1) is 0 Å². The molecule has 1 aliphatic heterocycles. The van der Waals surface area contributed by atoms with E-state index in [0.717, 1.165) is 32.8 Å². The maximum atomic E-state index is 4.60.